The fourth-order valence-corrected chi connectivity index (χ4v) is 3.27. The maximum absolute atomic E-state index is 12.8. The first-order valence-corrected chi connectivity index (χ1v) is 8.95. The molecule has 1 aliphatic heterocycles. The van der Waals surface area contributed by atoms with Crippen LogP contribution in [0.3, 0.4) is 0 Å². The Bertz CT molecular complexity index is 1050. The van der Waals surface area contributed by atoms with E-state index in [1.165, 1.54) is 0 Å². The van der Waals surface area contributed by atoms with Gasteiger partial charge in [0.2, 0.25) is 0 Å². The molecule has 0 aliphatic carbocycles. The highest BCUT2D eigenvalue weighted by Crippen LogP contribution is 2.23. The summed E-state index contributed by atoms with van der Waals surface area (Å²) in [6, 6.07) is 16.9. The smallest absolute Gasteiger partial charge is 0.313 e. The molecule has 5 heteroatoms. The second-order valence-corrected chi connectivity index (χ2v) is 6.73. The van der Waals surface area contributed by atoms with E-state index in [2.05, 4.69) is 0 Å². The minimum Gasteiger partial charge on any atom is -0.462 e. The summed E-state index contributed by atoms with van der Waals surface area (Å²) in [4.78, 5) is 25.2. The van der Waals surface area contributed by atoms with Gasteiger partial charge in [-0.2, -0.15) is 0 Å². The third kappa shape index (κ3) is 3.56. The summed E-state index contributed by atoms with van der Waals surface area (Å²) in [7, 11) is 0. The number of rotatable bonds is 4. The normalized spacial score (nSPS) is 17.9. The Hall–Kier alpha value is -2.76. The molecule has 3 aromatic carbocycles. The summed E-state index contributed by atoms with van der Waals surface area (Å²) >= 11 is 0. The first kappa shape index (κ1) is 17.6. The van der Waals surface area contributed by atoms with E-state index in [4.69, 9.17) is 14.2 Å². The molecule has 0 spiro atoms. The van der Waals surface area contributed by atoms with Gasteiger partial charge in [-0.3, -0.25) is 9.59 Å². The minimum atomic E-state index is -0.438. The van der Waals surface area contributed by atoms with Crippen LogP contribution in [0.5, 0.6) is 0 Å². The fourth-order valence-electron chi connectivity index (χ4n) is 3.27. The summed E-state index contributed by atoms with van der Waals surface area (Å²) in [5.74, 6) is -0.760. The van der Waals surface area contributed by atoms with Crippen molar-refractivity contribution in [2.45, 2.75) is 18.9 Å². The van der Waals surface area contributed by atoms with E-state index in [9.17, 15) is 9.59 Å². The van der Waals surface area contributed by atoms with E-state index in [-0.39, 0.29) is 30.9 Å². The van der Waals surface area contributed by atoms with Crippen LogP contribution in [0.4, 0.5) is 0 Å². The van der Waals surface area contributed by atoms with Crippen molar-refractivity contribution in [3.63, 3.8) is 0 Å². The fraction of sp³-hybridized carbons (Fsp3) is 0.273. The molecule has 0 amide bonds. The average molecular weight is 364 g/mol. The number of esters is 1. The molecule has 0 N–H and O–H groups in total. The van der Waals surface area contributed by atoms with Crippen LogP contribution in [-0.2, 0) is 19.0 Å². The van der Waals surface area contributed by atoms with Gasteiger partial charge in [0.25, 0.3) is 0 Å². The summed E-state index contributed by atoms with van der Waals surface area (Å²) in [5, 5.41) is 3.02. The largest absolute Gasteiger partial charge is 0.462 e. The van der Waals surface area contributed by atoms with Crippen LogP contribution in [0.15, 0.2) is 59.4 Å². The van der Waals surface area contributed by atoms with E-state index in [1.54, 1.807) is 13.0 Å². The lowest BCUT2D eigenvalue weighted by molar-refractivity contribution is -0.148. The van der Waals surface area contributed by atoms with Crippen molar-refractivity contribution in [2.75, 3.05) is 20.0 Å². The molecule has 0 bridgehead atoms. The first-order valence-electron chi connectivity index (χ1n) is 8.95. The Morgan fingerprint density at radius 1 is 1.11 bits per heavy atom. The minimum absolute atomic E-state index is 0.00855. The summed E-state index contributed by atoms with van der Waals surface area (Å²) in [5.41, 5.74) is 0.802. The predicted molar refractivity (Wildman–Crippen MR) is 103 cm³/mol. The van der Waals surface area contributed by atoms with Crippen molar-refractivity contribution in [1.82, 2.24) is 0 Å². The van der Waals surface area contributed by atoms with Crippen molar-refractivity contribution in [2.24, 2.45) is 0 Å². The Labute approximate surface area is 156 Å². The Kier molecular flexibility index (Phi) is 4.88. The zero-order valence-corrected chi connectivity index (χ0v) is 15.0. The lowest BCUT2D eigenvalue weighted by atomic mass is 9.98. The Morgan fingerprint density at radius 2 is 1.89 bits per heavy atom. The third-order valence-corrected chi connectivity index (χ3v) is 4.92. The SMILES string of the molecule is CC(C(=O)OCC1COCO1)c1ccc2c(=O)c3ccccc3ccc2c1. The first-order chi connectivity index (χ1) is 13.1. The number of hydrogen-bond donors (Lipinski definition) is 0. The van der Waals surface area contributed by atoms with Crippen LogP contribution < -0.4 is 5.43 Å². The second kappa shape index (κ2) is 7.47. The molecule has 0 saturated carbocycles. The van der Waals surface area contributed by atoms with Gasteiger partial charge >= 0.3 is 5.97 Å². The van der Waals surface area contributed by atoms with Gasteiger partial charge in [-0.25, -0.2) is 0 Å². The van der Waals surface area contributed by atoms with Crippen LogP contribution in [-0.4, -0.2) is 32.1 Å². The Morgan fingerprint density at radius 3 is 2.70 bits per heavy atom. The van der Waals surface area contributed by atoms with Crippen LogP contribution in [0.25, 0.3) is 21.5 Å². The van der Waals surface area contributed by atoms with Crippen molar-refractivity contribution < 1.29 is 19.0 Å². The number of fused-ring (bicyclic) bond motifs is 2. The molecule has 138 valence electrons. The number of ether oxygens (including phenoxy) is 3. The number of carbonyl (C=O) groups excluding carboxylic acids is 1. The standard InChI is InChI=1S/C22H20O5/c1-14(22(24)26-12-18-11-25-13-27-18)16-8-9-20-17(10-16)7-6-15-4-2-3-5-19(15)21(20)23/h2-10,14,18H,11-13H2,1H3. The number of carbonyl (C=O) groups is 1. The van der Waals surface area contributed by atoms with Crippen molar-refractivity contribution in [3.8, 4) is 0 Å². The zero-order valence-electron chi connectivity index (χ0n) is 15.0. The van der Waals surface area contributed by atoms with Gasteiger partial charge in [0, 0.05) is 10.8 Å². The molecule has 2 unspecified atom stereocenters. The van der Waals surface area contributed by atoms with Crippen LogP contribution >= 0.6 is 0 Å². The van der Waals surface area contributed by atoms with Crippen molar-refractivity contribution >= 4 is 27.5 Å². The summed E-state index contributed by atoms with van der Waals surface area (Å²) in [6.45, 7) is 2.66. The quantitative estimate of drug-likeness (QED) is 0.664. The van der Waals surface area contributed by atoms with Gasteiger partial charge in [-0.05, 0) is 23.3 Å². The molecule has 5 nitrogen and oxygen atoms in total. The zero-order chi connectivity index (χ0) is 18.8. The van der Waals surface area contributed by atoms with E-state index in [1.807, 2.05) is 48.5 Å². The summed E-state index contributed by atoms with van der Waals surface area (Å²) in [6.07, 6.45) is -0.202. The highest BCUT2D eigenvalue weighted by Gasteiger charge is 2.22. The molecule has 0 aromatic heterocycles. The van der Waals surface area contributed by atoms with E-state index in [0.29, 0.717) is 17.4 Å². The summed E-state index contributed by atoms with van der Waals surface area (Å²) < 4.78 is 15.7. The van der Waals surface area contributed by atoms with E-state index >= 15 is 0 Å². The lowest BCUT2D eigenvalue weighted by Crippen LogP contribution is -2.23. The molecule has 1 aliphatic rings. The molecule has 3 aromatic rings. The highest BCUT2D eigenvalue weighted by atomic mass is 16.7. The topological polar surface area (TPSA) is 61.8 Å². The molecular weight excluding hydrogens is 344 g/mol. The lowest BCUT2D eigenvalue weighted by Gasteiger charge is -2.14. The average Bonchev–Trinajstić information content (AvgIpc) is 3.18. The molecule has 1 saturated heterocycles. The van der Waals surface area contributed by atoms with Crippen LogP contribution in [0.1, 0.15) is 18.4 Å². The number of benzene rings is 2. The second-order valence-electron chi connectivity index (χ2n) is 6.73. The molecule has 0 radical (unpaired) electrons. The maximum atomic E-state index is 12.8. The Balaban J connectivity index is 1.63. The van der Waals surface area contributed by atoms with Gasteiger partial charge in [-0.15, -0.1) is 0 Å². The van der Waals surface area contributed by atoms with Gasteiger partial charge in [-0.1, -0.05) is 54.6 Å². The maximum Gasteiger partial charge on any atom is 0.313 e. The van der Waals surface area contributed by atoms with Crippen molar-refractivity contribution in [1.29, 1.82) is 0 Å². The van der Waals surface area contributed by atoms with Gasteiger partial charge < -0.3 is 14.2 Å². The third-order valence-electron chi connectivity index (χ3n) is 4.92. The van der Waals surface area contributed by atoms with Gasteiger partial charge in [0.1, 0.15) is 19.5 Å². The van der Waals surface area contributed by atoms with Crippen molar-refractivity contribution in [3.05, 3.63) is 70.4 Å². The van der Waals surface area contributed by atoms with Crippen LogP contribution in [0.2, 0.25) is 0 Å². The molecular formula is C22H20O5. The highest BCUT2D eigenvalue weighted by molar-refractivity contribution is 5.94. The predicted octanol–water partition coefficient (Wildman–Crippen LogP) is 3.37. The monoisotopic (exact) mass is 364 g/mol. The van der Waals surface area contributed by atoms with Gasteiger partial charge in [0.15, 0.2) is 5.43 Å². The molecule has 4 rings (SSSR count). The van der Waals surface area contributed by atoms with E-state index < -0.39 is 5.92 Å². The molecule has 1 heterocycles. The van der Waals surface area contributed by atoms with Crippen LogP contribution in [0, 0.1) is 0 Å². The molecule has 2 atom stereocenters. The number of hydrogen-bond acceptors (Lipinski definition) is 5. The van der Waals surface area contributed by atoms with E-state index in [0.717, 1.165) is 16.3 Å². The molecule has 1 fully saturated rings. The molecule has 27 heavy (non-hydrogen) atoms. The van der Waals surface area contributed by atoms with Gasteiger partial charge in [0.05, 0.1) is 12.5 Å².